The monoisotopic (exact) mass is 321 g/mol. The lowest BCUT2D eigenvalue weighted by Gasteiger charge is -2.06. The first-order valence-corrected chi connectivity index (χ1v) is 7.15. The number of nitrogens with zero attached hydrogens (tertiary/aromatic N) is 2. The Morgan fingerprint density at radius 2 is 2.14 bits per heavy atom. The van der Waals surface area contributed by atoms with Crippen molar-refractivity contribution >= 4 is 23.5 Å². The maximum absolute atomic E-state index is 12.2. The molecule has 0 spiro atoms. The number of carboxylic acids is 1. The molecule has 0 fully saturated rings. The highest BCUT2D eigenvalue weighted by Crippen LogP contribution is 2.19. The number of aromatic carboxylic acids is 1. The summed E-state index contributed by atoms with van der Waals surface area (Å²) in [7, 11) is 0. The highest BCUT2D eigenvalue weighted by Gasteiger charge is 2.19. The van der Waals surface area contributed by atoms with Gasteiger partial charge < -0.3 is 10.4 Å². The minimum atomic E-state index is -1.00. The number of hydrogen-bond donors (Lipinski definition) is 2. The molecule has 0 unspecified atom stereocenters. The molecule has 0 radical (unpaired) electrons. The van der Waals surface area contributed by atoms with E-state index >= 15 is 0 Å². The van der Waals surface area contributed by atoms with Gasteiger partial charge in [0.1, 0.15) is 5.15 Å². The minimum Gasteiger partial charge on any atom is -0.478 e. The van der Waals surface area contributed by atoms with Crippen molar-refractivity contribution in [3.8, 4) is 0 Å². The van der Waals surface area contributed by atoms with Crippen LogP contribution >= 0.6 is 11.6 Å². The number of nitrogens with one attached hydrogen (secondary N) is 1. The van der Waals surface area contributed by atoms with E-state index in [9.17, 15) is 9.59 Å². The zero-order chi connectivity index (χ0) is 16.3. The zero-order valence-corrected chi connectivity index (χ0v) is 13.0. The molecule has 0 aliphatic rings. The lowest BCUT2D eigenvalue weighted by molar-refractivity contribution is 0.0696. The average Bonchev–Trinajstić information content (AvgIpc) is 2.79. The van der Waals surface area contributed by atoms with Crippen LogP contribution < -0.4 is 5.32 Å². The summed E-state index contributed by atoms with van der Waals surface area (Å²) < 4.78 is 1.55. The van der Waals surface area contributed by atoms with Gasteiger partial charge in [-0.1, -0.05) is 23.7 Å². The van der Waals surface area contributed by atoms with E-state index in [0.29, 0.717) is 28.5 Å². The number of carbonyl (C=O) groups excluding carboxylic acids is 1. The van der Waals surface area contributed by atoms with Crippen LogP contribution in [0, 0.1) is 6.92 Å². The summed E-state index contributed by atoms with van der Waals surface area (Å²) >= 11 is 6.14. The molecular formula is C15H16ClN3O3. The molecule has 0 saturated heterocycles. The first-order chi connectivity index (χ1) is 10.4. The van der Waals surface area contributed by atoms with Gasteiger partial charge in [-0.05, 0) is 31.5 Å². The quantitative estimate of drug-likeness (QED) is 0.886. The Kier molecular flexibility index (Phi) is 4.82. The van der Waals surface area contributed by atoms with Gasteiger partial charge >= 0.3 is 5.97 Å². The Labute approximate surface area is 132 Å². The van der Waals surface area contributed by atoms with Crippen LogP contribution in [0.1, 0.15) is 38.9 Å². The molecule has 6 nitrogen and oxygen atoms in total. The van der Waals surface area contributed by atoms with Crippen molar-refractivity contribution in [1.82, 2.24) is 15.1 Å². The number of carboxylic acid groups (broad SMARTS) is 1. The molecule has 22 heavy (non-hydrogen) atoms. The van der Waals surface area contributed by atoms with Crippen molar-refractivity contribution in [3.63, 3.8) is 0 Å². The van der Waals surface area contributed by atoms with Gasteiger partial charge in [-0.3, -0.25) is 9.48 Å². The molecule has 2 rings (SSSR count). The van der Waals surface area contributed by atoms with Crippen molar-refractivity contribution < 1.29 is 14.7 Å². The van der Waals surface area contributed by atoms with Gasteiger partial charge in [0.05, 0.1) is 16.8 Å². The summed E-state index contributed by atoms with van der Waals surface area (Å²) in [6.45, 7) is 4.40. The Bertz CT molecular complexity index is 725. The second-order valence-corrected chi connectivity index (χ2v) is 5.11. The smallest absolute Gasteiger partial charge is 0.335 e. The van der Waals surface area contributed by atoms with E-state index in [1.165, 1.54) is 12.1 Å². The first kappa shape index (κ1) is 16.0. The van der Waals surface area contributed by atoms with E-state index in [0.717, 1.165) is 0 Å². The summed E-state index contributed by atoms with van der Waals surface area (Å²) in [5.41, 5.74) is 1.78. The van der Waals surface area contributed by atoms with Crippen LogP contribution in [-0.4, -0.2) is 26.8 Å². The van der Waals surface area contributed by atoms with Crippen LogP contribution in [-0.2, 0) is 13.1 Å². The molecule has 7 heteroatoms. The molecule has 2 N–H and O–H groups in total. The Hall–Kier alpha value is -2.34. The number of aromatic nitrogens is 2. The van der Waals surface area contributed by atoms with Crippen LogP contribution in [0.15, 0.2) is 24.3 Å². The number of benzene rings is 1. The van der Waals surface area contributed by atoms with E-state index in [-0.39, 0.29) is 18.0 Å². The molecule has 0 aliphatic heterocycles. The first-order valence-electron chi connectivity index (χ1n) is 6.77. The van der Waals surface area contributed by atoms with Gasteiger partial charge in [0.15, 0.2) is 0 Å². The van der Waals surface area contributed by atoms with Gasteiger partial charge in [0.25, 0.3) is 5.91 Å². The summed E-state index contributed by atoms with van der Waals surface area (Å²) in [6.07, 6.45) is 0. The predicted octanol–water partition coefficient (Wildman–Crippen LogP) is 2.49. The minimum absolute atomic E-state index is 0.180. The molecule has 1 amide bonds. The summed E-state index contributed by atoms with van der Waals surface area (Å²) in [5, 5.41) is 16.2. The molecule has 0 saturated carbocycles. The molecule has 0 bridgehead atoms. The van der Waals surface area contributed by atoms with Crippen LogP contribution in [0.2, 0.25) is 5.15 Å². The zero-order valence-electron chi connectivity index (χ0n) is 12.3. The third kappa shape index (κ3) is 3.28. The number of halogens is 1. The van der Waals surface area contributed by atoms with E-state index in [2.05, 4.69) is 10.4 Å². The molecular weight excluding hydrogens is 306 g/mol. The van der Waals surface area contributed by atoms with Crippen LogP contribution in [0.3, 0.4) is 0 Å². The van der Waals surface area contributed by atoms with Gasteiger partial charge in [-0.25, -0.2) is 4.79 Å². The Morgan fingerprint density at radius 1 is 1.41 bits per heavy atom. The standard InChI is InChI=1S/C15H16ClN3O3/c1-3-19-13(16)12(9(2)18-19)14(20)17-8-10-5-4-6-11(7-10)15(21)22/h4-7H,3,8H2,1-2H3,(H,17,20)(H,21,22). The summed E-state index contributed by atoms with van der Waals surface area (Å²) in [4.78, 5) is 23.2. The third-order valence-corrected chi connectivity index (χ3v) is 3.60. The highest BCUT2D eigenvalue weighted by atomic mass is 35.5. The van der Waals surface area contributed by atoms with Crippen molar-refractivity contribution in [1.29, 1.82) is 0 Å². The van der Waals surface area contributed by atoms with Crippen LogP contribution in [0.5, 0.6) is 0 Å². The van der Waals surface area contributed by atoms with Gasteiger partial charge in [-0.15, -0.1) is 0 Å². The molecule has 1 aromatic heterocycles. The van der Waals surface area contributed by atoms with Crippen LogP contribution in [0.25, 0.3) is 0 Å². The molecule has 1 aromatic carbocycles. The molecule has 116 valence electrons. The number of hydrogen-bond acceptors (Lipinski definition) is 3. The van der Waals surface area contributed by atoms with E-state index in [1.807, 2.05) is 6.92 Å². The molecule has 0 aliphatic carbocycles. The number of carbonyl (C=O) groups is 2. The number of amides is 1. The van der Waals surface area contributed by atoms with Crippen molar-refractivity contribution in [2.24, 2.45) is 0 Å². The fourth-order valence-corrected chi connectivity index (χ4v) is 2.49. The maximum Gasteiger partial charge on any atom is 0.335 e. The van der Waals surface area contributed by atoms with E-state index in [4.69, 9.17) is 16.7 Å². The maximum atomic E-state index is 12.2. The van der Waals surface area contributed by atoms with E-state index < -0.39 is 5.97 Å². The van der Waals surface area contributed by atoms with Gasteiger partial charge in [0, 0.05) is 13.1 Å². The largest absolute Gasteiger partial charge is 0.478 e. The van der Waals surface area contributed by atoms with Crippen LogP contribution in [0.4, 0.5) is 0 Å². The van der Waals surface area contributed by atoms with Gasteiger partial charge in [-0.2, -0.15) is 5.10 Å². The lowest BCUT2D eigenvalue weighted by atomic mass is 10.1. The predicted molar refractivity (Wildman–Crippen MR) is 82.2 cm³/mol. The summed E-state index contributed by atoms with van der Waals surface area (Å²) in [5.74, 6) is -1.33. The number of aryl methyl sites for hydroxylation is 2. The average molecular weight is 322 g/mol. The second kappa shape index (κ2) is 6.62. The van der Waals surface area contributed by atoms with Gasteiger partial charge in [0.2, 0.25) is 0 Å². The molecule has 1 heterocycles. The van der Waals surface area contributed by atoms with E-state index in [1.54, 1.807) is 23.7 Å². The SMILES string of the molecule is CCn1nc(C)c(C(=O)NCc2cccc(C(=O)O)c2)c1Cl. The lowest BCUT2D eigenvalue weighted by Crippen LogP contribution is -2.23. The Morgan fingerprint density at radius 3 is 2.73 bits per heavy atom. The second-order valence-electron chi connectivity index (χ2n) is 4.76. The Balaban J connectivity index is 2.12. The summed E-state index contributed by atoms with van der Waals surface area (Å²) in [6, 6.07) is 6.40. The van der Waals surface area contributed by atoms with Crippen molar-refractivity contribution in [2.45, 2.75) is 26.9 Å². The van der Waals surface area contributed by atoms with Crippen molar-refractivity contribution in [2.75, 3.05) is 0 Å². The topological polar surface area (TPSA) is 84.2 Å². The fraction of sp³-hybridized carbons (Fsp3) is 0.267. The number of rotatable bonds is 5. The molecule has 2 aromatic rings. The molecule has 0 atom stereocenters. The van der Waals surface area contributed by atoms with Crippen molar-refractivity contribution in [3.05, 3.63) is 51.8 Å². The third-order valence-electron chi connectivity index (χ3n) is 3.22. The highest BCUT2D eigenvalue weighted by molar-refractivity contribution is 6.33. The normalized spacial score (nSPS) is 10.5. The fourth-order valence-electron chi connectivity index (χ4n) is 2.11.